The van der Waals surface area contributed by atoms with Crippen LogP contribution in [0, 0.1) is 0 Å². The molecule has 23 heavy (non-hydrogen) atoms. The van der Waals surface area contributed by atoms with Crippen LogP contribution in [0.5, 0.6) is 17.2 Å². The minimum absolute atomic E-state index is 0.217. The van der Waals surface area contributed by atoms with Gasteiger partial charge in [0.1, 0.15) is 12.4 Å². The number of benzene rings is 2. The third-order valence-corrected chi connectivity index (χ3v) is 3.63. The second-order valence-electron chi connectivity index (χ2n) is 5.20. The molecule has 2 rings (SSSR count). The third-order valence-electron chi connectivity index (χ3n) is 3.63. The topological polar surface area (TPSA) is 79.7 Å². The van der Waals surface area contributed by atoms with E-state index < -0.39 is 0 Å². The zero-order valence-corrected chi connectivity index (χ0v) is 13.6. The van der Waals surface area contributed by atoms with Crippen molar-refractivity contribution in [1.29, 1.82) is 0 Å². The number of rotatable bonds is 8. The molecule has 0 aliphatic rings. The molecule has 0 radical (unpaired) electrons. The van der Waals surface area contributed by atoms with E-state index in [1.165, 1.54) is 0 Å². The highest BCUT2D eigenvalue weighted by Crippen LogP contribution is 2.38. The fraction of sp³-hybridized carbons (Fsp3) is 0.333. The summed E-state index contributed by atoms with van der Waals surface area (Å²) in [4.78, 5) is 0. The Bertz CT molecular complexity index is 617. The molecule has 2 aromatic carbocycles. The molecule has 0 saturated heterocycles. The van der Waals surface area contributed by atoms with Crippen LogP contribution in [-0.4, -0.2) is 20.8 Å². The van der Waals surface area contributed by atoms with E-state index in [0.29, 0.717) is 36.8 Å². The molecule has 0 fully saturated rings. The van der Waals surface area contributed by atoms with E-state index in [2.05, 4.69) is 0 Å². The molecule has 5 heteroatoms. The highest BCUT2D eigenvalue weighted by molar-refractivity contribution is 5.51. The zero-order valence-electron chi connectivity index (χ0n) is 13.6. The first-order chi connectivity index (χ1) is 11.2. The van der Waals surface area contributed by atoms with Crippen LogP contribution in [0.15, 0.2) is 42.5 Å². The highest BCUT2D eigenvalue weighted by Gasteiger charge is 2.17. The number of methoxy groups -OCH3 is 2. The van der Waals surface area contributed by atoms with E-state index >= 15 is 0 Å². The van der Waals surface area contributed by atoms with Gasteiger partial charge in [-0.1, -0.05) is 30.3 Å². The fourth-order valence-corrected chi connectivity index (χ4v) is 2.36. The summed E-state index contributed by atoms with van der Waals surface area (Å²) >= 11 is 0. The van der Waals surface area contributed by atoms with Crippen molar-refractivity contribution in [3.63, 3.8) is 0 Å². The van der Waals surface area contributed by atoms with Crippen LogP contribution < -0.4 is 25.7 Å². The molecule has 5 nitrogen and oxygen atoms in total. The van der Waals surface area contributed by atoms with Crippen molar-refractivity contribution in [2.45, 2.75) is 19.1 Å². The van der Waals surface area contributed by atoms with Crippen LogP contribution in [0.1, 0.15) is 23.6 Å². The summed E-state index contributed by atoms with van der Waals surface area (Å²) < 4.78 is 16.7. The van der Waals surface area contributed by atoms with Crippen molar-refractivity contribution in [3.8, 4) is 17.2 Å². The second-order valence-corrected chi connectivity index (χ2v) is 5.20. The summed E-state index contributed by atoms with van der Waals surface area (Å²) in [5.41, 5.74) is 13.8. The Morgan fingerprint density at radius 2 is 1.61 bits per heavy atom. The monoisotopic (exact) mass is 316 g/mol. The molecule has 1 atom stereocenters. The van der Waals surface area contributed by atoms with Gasteiger partial charge in [-0.3, -0.25) is 0 Å². The van der Waals surface area contributed by atoms with E-state index in [-0.39, 0.29) is 6.04 Å². The van der Waals surface area contributed by atoms with Crippen molar-refractivity contribution in [2.24, 2.45) is 11.5 Å². The van der Waals surface area contributed by atoms with Crippen LogP contribution in [0.4, 0.5) is 0 Å². The maximum absolute atomic E-state index is 6.23. The Kier molecular flexibility index (Phi) is 6.26. The molecule has 4 N–H and O–H groups in total. The quantitative estimate of drug-likeness (QED) is 0.782. The lowest BCUT2D eigenvalue weighted by molar-refractivity contribution is 0.294. The number of ether oxygens (including phenoxy) is 3. The van der Waals surface area contributed by atoms with Gasteiger partial charge in [-0.05, 0) is 24.6 Å². The predicted octanol–water partition coefficient (Wildman–Crippen LogP) is 2.63. The molecular weight excluding hydrogens is 292 g/mol. The van der Waals surface area contributed by atoms with Crippen LogP contribution in [-0.2, 0) is 6.61 Å². The maximum atomic E-state index is 6.23. The third kappa shape index (κ3) is 4.37. The van der Waals surface area contributed by atoms with Crippen LogP contribution in [0.2, 0.25) is 0 Å². The number of hydrogen-bond acceptors (Lipinski definition) is 5. The summed E-state index contributed by atoms with van der Waals surface area (Å²) in [6, 6.07) is 13.4. The van der Waals surface area contributed by atoms with Gasteiger partial charge in [-0.2, -0.15) is 0 Å². The van der Waals surface area contributed by atoms with Gasteiger partial charge < -0.3 is 25.7 Å². The fourth-order valence-electron chi connectivity index (χ4n) is 2.36. The van der Waals surface area contributed by atoms with Gasteiger partial charge in [0.15, 0.2) is 11.5 Å². The van der Waals surface area contributed by atoms with Gasteiger partial charge in [0.05, 0.1) is 14.2 Å². The molecule has 0 heterocycles. The molecule has 124 valence electrons. The van der Waals surface area contributed by atoms with Crippen molar-refractivity contribution in [1.82, 2.24) is 0 Å². The number of hydrogen-bond donors (Lipinski definition) is 2. The largest absolute Gasteiger partial charge is 0.493 e. The average Bonchev–Trinajstić information content (AvgIpc) is 2.60. The van der Waals surface area contributed by atoms with E-state index in [1.54, 1.807) is 14.2 Å². The lowest BCUT2D eigenvalue weighted by Gasteiger charge is -2.19. The first-order valence-electron chi connectivity index (χ1n) is 7.57. The summed E-state index contributed by atoms with van der Waals surface area (Å²) in [6.07, 6.45) is 0.664. The van der Waals surface area contributed by atoms with Crippen molar-refractivity contribution < 1.29 is 14.2 Å². The van der Waals surface area contributed by atoms with Gasteiger partial charge in [0.25, 0.3) is 0 Å². The molecule has 0 aliphatic carbocycles. The summed E-state index contributed by atoms with van der Waals surface area (Å²) in [5.74, 6) is 1.92. The Hall–Kier alpha value is -2.24. The molecule has 2 aromatic rings. The van der Waals surface area contributed by atoms with Crippen LogP contribution in [0.25, 0.3) is 0 Å². The van der Waals surface area contributed by atoms with E-state index in [9.17, 15) is 0 Å². The van der Waals surface area contributed by atoms with Gasteiger partial charge in [-0.25, -0.2) is 0 Å². The first-order valence-corrected chi connectivity index (χ1v) is 7.57. The smallest absolute Gasteiger partial charge is 0.164 e. The van der Waals surface area contributed by atoms with Gasteiger partial charge in [-0.15, -0.1) is 0 Å². The van der Waals surface area contributed by atoms with Crippen LogP contribution in [0.3, 0.4) is 0 Å². The summed E-state index contributed by atoms with van der Waals surface area (Å²) in [6.45, 7) is 0.965. The molecule has 0 unspecified atom stereocenters. The molecule has 0 amide bonds. The van der Waals surface area contributed by atoms with Gasteiger partial charge >= 0.3 is 0 Å². The van der Waals surface area contributed by atoms with Gasteiger partial charge in [0, 0.05) is 17.7 Å². The van der Waals surface area contributed by atoms with E-state index in [1.807, 2.05) is 42.5 Å². The minimum Gasteiger partial charge on any atom is -0.493 e. The van der Waals surface area contributed by atoms with E-state index in [0.717, 1.165) is 11.1 Å². The lowest BCUT2D eigenvalue weighted by atomic mass is 10.0. The Morgan fingerprint density at radius 3 is 2.22 bits per heavy atom. The summed E-state index contributed by atoms with van der Waals surface area (Å²) in [5, 5.41) is 0. The SMILES string of the molecule is COc1cc(OCc2ccccc2)c([C@H](N)CCN)cc1OC. The number of nitrogens with two attached hydrogens (primary N) is 2. The normalized spacial score (nSPS) is 11.8. The second kappa shape index (κ2) is 8.41. The first kappa shape index (κ1) is 17.1. The maximum Gasteiger partial charge on any atom is 0.164 e. The standard InChI is InChI=1S/C18H24N2O3/c1-21-17-10-14(15(20)8-9-19)16(11-18(17)22-2)23-12-13-6-4-3-5-7-13/h3-7,10-11,15H,8-9,12,19-20H2,1-2H3/t15-/m1/s1. The van der Waals surface area contributed by atoms with E-state index in [4.69, 9.17) is 25.7 Å². The minimum atomic E-state index is -0.217. The molecular formula is C18H24N2O3. The molecule has 0 bridgehead atoms. The van der Waals surface area contributed by atoms with Crippen molar-refractivity contribution in [3.05, 3.63) is 53.6 Å². The highest BCUT2D eigenvalue weighted by atomic mass is 16.5. The average molecular weight is 316 g/mol. The Morgan fingerprint density at radius 1 is 0.957 bits per heavy atom. The molecule has 0 spiro atoms. The molecule has 0 saturated carbocycles. The lowest BCUT2D eigenvalue weighted by Crippen LogP contribution is -2.16. The summed E-state index contributed by atoms with van der Waals surface area (Å²) in [7, 11) is 3.19. The van der Waals surface area contributed by atoms with Crippen molar-refractivity contribution in [2.75, 3.05) is 20.8 Å². The Labute approximate surface area is 137 Å². The molecule has 0 aliphatic heterocycles. The predicted molar refractivity (Wildman–Crippen MR) is 90.9 cm³/mol. The van der Waals surface area contributed by atoms with Gasteiger partial charge in [0.2, 0.25) is 0 Å². The zero-order chi connectivity index (χ0) is 16.7. The van der Waals surface area contributed by atoms with Crippen molar-refractivity contribution >= 4 is 0 Å². The Balaban J connectivity index is 2.30. The van der Waals surface area contributed by atoms with Crippen LogP contribution >= 0.6 is 0 Å². The molecule has 0 aromatic heterocycles.